The van der Waals surface area contributed by atoms with Gasteiger partial charge in [-0.25, -0.2) is 0 Å². The molecule has 0 aromatic heterocycles. The largest absolute Gasteiger partial charge is 0.779 e. The second-order valence-electron chi connectivity index (χ2n) is 2.06. The van der Waals surface area contributed by atoms with Crippen LogP contribution in [-0.4, -0.2) is 35.7 Å². The summed E-state index contributed by atoms with van der Waals surface area (Å²) in [6.45, 7) is 0.577. The van der Waals surface area contributed by atoms with Gasteiger partial charge in [0, 0.05) is 6.16 Å². The molecule has 2 unspecified atom stereocenters. The maximum Gasteiger partial charge on any atom is 0.134 e. The van der Waals surface area contributed by atoms with Crippen molar-refractivity contribution in [1.82, 2.24) is 0 Å². The van der Waals surface area contributed by atoms with Gasteiger partial charge in [0.15, 0.2) is 0 Å². The summed E-state index contributed by atoms with van der Waals surface area (Å²) in [6, 6.07) is 0. The van der Waals surface area contributed by atoms with Gasteiger partial charge < -0.3 is 24.2 Å². The normalized spacial score (nSPS) is 19.3. The van der Waals surface area contributed by atoms with Crippen LogP contribution < -0.4 is 4.89 Å². The second-order valence-corrected chi connectivity index (χ2v) is 4.17. The van der Waals surface area contributed by atoms with Crippen LogP contribution >= 0.6 is 7.60 Å². The van der Waals surface area contributed by atoms with E-state index < -0.39 is 20.3 Å². The Morgan fingerprint density at radius 2 is 2.27 bits per heavy atom. The van der Waals surface area contributed by atoms with Crippen LogP contribution in [0.2, 0.25) is 0 Å². The molecule has 0 bridgehead atoms. The lowest BCUT2D eigenvalue weighted by Crippen LogP contribution is -2.21. The van der Waals surface area contributed by atoms with Crippen molar-refractivity contribution in [2.75, 3.05) is 19.4 Å². The second kappa shape index (κ2) is 4.85. The number of aliphatic hydroxyl groups excluding tert-OH is 2. The zero-order chi connectivity index (χ0) is 8.91. The smallest absolute Gasteiger partial charge is 0.134 e. The van der Waals surface area contributed by atoms with E-state index in [-0.39, 0.29) is 12.8 Å². The molecule has 0 radical (unpaired) electrons. The lowest BCUT2D eigenvalue weighted by Gasteiger charge is -2.22. The van der Waals surface area contributed by atoms with Crippen LogP contribution in [0.25, 0.3) is 0 Å². The molecule has 2 atom stereocenters. The van der Waals surface area contributed by atoms with Crippen molar-refractivity contribution in [3.05, 3.63) is 0 Å². The van der Waals surface area contributed by atoms with E-state index in [1.54, 1.807) is 0 Å². The van der Waals surface area contributed by atoms with E-state index in [2.05, 4.69) is 4.52 Å². The first-order valence-corrected chi connectivity index (χ1v) is 4.98. The van der Waals surface area contributed by atoms with Crippen LogP contribution in [0.3, 0.4) is 0 Å². The molecule has 0 aromatic rings. The monoisotopic (exact) mass is 183 g/mol. The van der Waals surface area contributed by atoms with E-state index >= 15 is 0 Å². The average molecular weight is 183 g/mol. The topological polar surface area (TPSA) is 89.8 Å². The van der Waals surface area contributed by atoms with E-state index in [0.29, 0.717) is 0 Å². The molecule has 0 aliphatic carbocycles. The van der Waals surface area contributed by atoms with Crippen LogP contribution in [0.15, 0.2) is 0 Å². The molecule has 0 fully saturated rings. The van der Waals surface area contributed by atoms with Crippen molar-refractivity contribution < 1.29 is 24.2 Å². The lowest BCUT2D eigenvalue weighted by atomic mass is 10.4. The summed E-state index contributed by atoms with van der Waals surface area (Å²) in [5.41, 5.74) is 0. The Morgan fingerprint density at radius 1 is 1.73 bits per heavy atom. The zero-order valence-electron chi connectivity index (χ0n) is 6.27. The van der Waals surface area contributed by atoms with Crippen molar-refractivity contribution in [2.24, 2.45) is 0 Å². The minimum atomic E-state index is -3.76. The number of aliphatic hydroxyl groups is 2. The van der Waals surface area contributed by atoms with Gasteiger partial charge in [-0.1, -0.05) is 6.92 Å². The van der Waals surface area contributed by atoms with Crippen molar-refractivity contribution >= 4 is 7.60 Å². The molecule has 5 nitrogen and oxygen atoms in total. The molecular formula is C5H12O5P-. The molecule has 11 heavy (non-hydrogen) atoms. The highest BCUT2D eigenvalue weighted by atomic mass is 31.2. The predicted molar refractivity (Wildman–Crippen MR) is 37.2 cm³/mol. The van der Waals surface area contributed by atoms with Crippen LogP contribution in [0, 0.1) is 0 Å². The molecule has 2 N–H and O–H groups in total. The third-order valence-corrected chi connectivity index (χ3v) is 2.38. The minimum Gasteiger partial charge on any atom is -0.779 e. The summed E-state index contributed by atoms with van der Waals surface area (Å²) in [4.78, 5) is 10.6. The van der Waals surface area contributed by atoms with Gasteiger partial charge in [0.25, 0.3) is 0 Å². The first-order chi connectivity index (χ1) is 5.02. The van der Waals surface area contributed by atoms with Crippen LogP contribution in [0.4, 0.5) is 0 Å². The molecule has 6 heteroatoms. The van der Waals surface area contributed by atoms with E-state index in [1.807, 2.05) is 0 Å². The first-order valence-electron chi connectivity index (χ1n) is 3.25. The fraction of sp³-hybridized carbons (Fsp3) is 1.00. The van der Waals surface area contributed by atoms with Gasteiger partial charge in [0.05, 0.1) is 13.2 Å². The standard InChI is InChI=1S/C5H13O5P/c1-2-11(8,9)10-4-5(7)3-6/h5-7H,2-4H2,1H3,(H,8,9)/p-1. The Bertz CT molecular complexity index is 148. The minimum absolute atomic E-state index is 0.106. The van der Waals surface area contributed by atoms with Crippen molar-refractivity contribution in [1.29, 1.82) is 0 Å². The van der Waals surface area contributed by atoms with Crippen LogP contribution in [-0.2, 0) is 9.09 Å². The highest BCUT2D eigenvalue weighted by molar-refractivity contribution is 7.51. The van der Waals surface area contributed by atoms with Crippen LogP contribution in [0.5, 0.6) is 0 Å². The van der Waals surface area contributed by atoms with E-state index in [9.17, 15) is 9.46 Å². The Morgan fingerprint density at radius 3 is 2.64 bits per heavy atom. The van der Waals surface area contributed by atoms with Gasteiger partial charge in [0.1, 0.15) is 13.7 Å². The van der Waals surface area contributed by atoms with Crippen molar-refractivity contribution in [2.45, 2.75) is 13.0 Å². The Balaban J connectivity index is 3.61. The highest BCUT2D eigenvalue weighted by Crippen LogP contribution is 2.35. The number of hydrogen-bond acceptors (Lipinski definition) is 5. The Kier molecular flexibility index (Phi) is 4.88. The van der Waals surface area contributed by atoms with Crippen LogP contribution in [0.1, 0.15) is 6.92 Å². The van der Waals surface area contributed by atoms with Crippen molar-refractivity contribution in [3.8, 4) is 0 Å². The SMILES string of the molecule is CCP(=O)([O-])OCC(O)CO. The molecule has 0 spiro atoms. The predicted octanol–water partition coefficient (Wildman–Crippen LogP) is -1.07. The summed E-state index contributed by atoms with van der Waals surface area (Å²) >= 11 is 0. The van der Waals surface area contributed by atoms with E-state index in [4.69, 9.17) is 10.2 Å². The van der Waals surface area contributed by atoms with Gasteiger partial charge >= 0.3 is 0 Å². The zero-order valence-corrected chi connectivity index (χ0v) is 7.16. The quantitative estimate of drug-likeness (QED) is 0.529. The average Bonchev–Trinajstić information content (AvgIpc) is 2.00. The molecule has 0 amide bonds. The summed E-state index contributed by atoms with van der Waals surface area (Å²) in [5, 5.41) is 17.0. The Hall–Kier alpha value is 0.0700. The highest BCUT2D eigenvalue weighted by Gasteiger charge is 2.08. The van der Waals surface area contributed by atoms with E-state index in [1.165, 1.54) is 6.92 Å². The third-order valence-electron chi connectivity index (χ3n) is 1.06. The summed E-state index contributed by atoms with van der Waals surface area (Å²) in [5.74, 6) is 0. The van der Waals surface area contributed by atoms with Gasteiger partial charge in [-0.15, -0.1) is 0 Å². The summed E-state index contributed by atoms with van der Waals surface area (Å²) in [7, 11) is -3.76. The molecule has 68 valence electrons. The lowest BCUT2D eigenvalue weighted by molar-refractivity contribution is -0.200. The fourth-order valence-electron chi connectivity index (χ4n) is 0.344. The molecule has 0 rings (SSSR count). The first kappa shape index (κ1) is 11.1. The third kappa shape index (κ3) is 5.35. The van der Waals surface area contributed by atoms with Gasteiger partial charge in [0.2, 0.25) is 0 Å². The number of rotatable bonds is 5. The maximum absolute atomic E-state index is 10.6. The molecule has 0 aliphatic rings. The Labute approximate surface area is 65.2 Å². The fourth-order valence-corrected chi connectivity index (χ4v) is 0.925. The van der Waals surface area contributed by atoms with E-state index in [0.717, 1.165) is 0 Å². The van der Waals surface area contributed by atoms with Crippen molar-refractivity contribution in [3.63, 3.8) is 0 Å². The van der Waals surface area contributed by atoms with Gasteiger partial charge in [-0.3, -0.25) is 0 Å². The molecule has 0 heterocycles. The molecule has 0 aromatic carbocycles. The number of hydrogen-bond donors (Lipinski definition) is 2. The molecule has 0 aliphatic heterocycles. The molecular weight excluding hydrogens is 171 g/mol. The summed E-state index contributed by atoms with van der Waals surface area (Å²) < 4.78 is 15.0. The van der Waals surface area contributed by atoms with Gasteiger partial charge in [-0.05, 0) is 0 Å². The maximum atomic E-state index is 10.6. The van der Waals surface area contributed by atoms with Gasteiger partial charge in [-0.2, -0.15) is 0 Å². The molecule has 0 saturated heterocycles. The summed E-state index contributed by atoms with van der Waals surface area (Å²) in [6.07, 6.45) is -1.23. The molecule has 0 saturated carbocycles.